The van der Waals surface area contributed by atoms with Gasteiger partial charge in [-0.05, 0) is 25.1 Å². The minimum absolute atomic E-state index is 0.403. The minimum Gasteiger partial charge on any atom is -0.423 e. The van der Waals surface area contributed by atoms with E-state index in [9.17, 15) is 0 Å². The first-order valence-electron chi connectivity index (χ1n) is 6.41. The normalized spacial score (nSPS) is 12.8. The van der Waals surface area contributed by atoms with Crippen molar-refractivity contribution in [1.82, 2.24) is 20.1 Å². The molecule has 2 aromatic rings. The quantitative estimate of drug-likeness (QED) is 0.851. The van der Waals surface area contributed by atoms with Crippen LogP contribution in [0.15, 0.2) is 22.9 Å². The van der Waals surface area contributed by atoms with E-state index in [2.05, 4.69) is 39.3 Å². The Balaban J connectivity index is 2.06. The van der Waals surface area contributed by atoms with E-state index in [0.29, 0.717) is 24.4 Å². The van der Waals surface area contributed by atoms with Gasteiger partial charge >= 0.3 is 0 Å². The van der Waals surface area contributed by atoms with Gasteiger partial charge in [-0.15, -0.1) is 10.2 Å². The van der Waals surface area contributed by atoms with Crippen molar-refractivity contribution >= 4 is 0 Å². The molecule has 5 heteroatoms. The van der Waals surface area contributed by atoms with Gasteiger partial charge in [0.05, 0.1) is 0 Å². The number of hydrogen-bond donors (Lipinski definition) is 1. The Labute approximate surface area is 107 Å². The lowest BCUT2D eigenvalue weighted by Crippen LogP contribution is -2.14. The maximum absolute atomic E-state index is 5.50. The van der Waals surface area contributed by atoms with E-state index in [4.69, 9.17) is 4.42 Å². The maximum Gasteiger partial charge on any atom is 0.236 e. The van der Waals surface area contributed by atoms with E-state index in [1.54, 1.807) is 0 Å². The van der Waals surface area contributed by atoms with E-state index in [1.165, 1.54) is 5.56 Å². The molecule has 18 heavy (non-hydrogen) atoms. The number of rotatable bonds is 6. The van der Waals surface area contributed by atoms with Crippen LogP contribution in [0.5, 0.6) is 0 Å². The van der Waals surface area contributed by atoms with Crippen molar-refractivity contribution in [1.29, 1.82) is 0 Å². The third-order valence-electron chi connectivity index (χ3n) is 3.06. The fraction of sp³-hybridized carbons (Fsp3) is 0.538. The van der Waals surface area contributed by atoms with Crippen LogP contribution in [0.25, 0.3) is 0 Å². The van der Waals surface area contributed by atoms with Crippen LogP contribution in [0, 0.1) is 0 Å². The Morgan fingerprint density at radius 1 is 1.33 bits per heavy atom. The second-order valence-electron chi connectivity index (χ2n) is 4.31. The first kappa shape index (κ1) is 12.8. The second kappa shape index (κ2) is 5.82. The summed E-state index contributed by atoms with van der Waals surface area (Å²) >= 11 is 0. The van der Waals surface area contributed by atoms with E-state index >= 15 is 0 Å². The fourth-order valence-corrected chi connectivity index (χ4v) is 2.02. The van der Waals surface area contributed by atoms with Gasteiger partial charge in [0, 0.05) is 24.9 Å². The highest BCUT2D eigenvalue weighted by Crippen LogP contribution is 2.16. The first-order chi connectivity index (χ1) is 8.76. The molecule has 1 atom stereocenters. The predicted octanol–water partition coefficient (Wildman–Crippen LogP) is 2.15. The summed E-state index contributed by atoms with van der Waals surface area (Å²) in [7, 11) is 1.98. The Kier molecular flexibility index (Phi) is 4.15. The van der Waals surface area contributed by atoms with Crippen molar-refractivity contribution in [2.24, 2.45) is 0 Å². The largest absolute Gasteiger partial charge is 0.423 e. The van der Waals surface area contributed by atoms with Crippen LogP contribution < -0.4 is 5.32 Å². The van der Waals surface area contributed by atoms with Crippen molar-refractivity contribution in [2.45, 2.75) is 39.3 Å². The molecule has 1 N–H and O–H groups in total. The molecule has 0 aliphatic heterocycles. The van der Waals surface area contributed by atoms with Crippen LogP contribution in [0.4, 0.5) is 0 Å². The molecule has 2 rings (SSSR count). The molecule has 0 saturated carbocycles. The number of aromatic nitrogens is 3. The molecule has 0 aliphatic carbocycles. The van der Waals surface area contributed by atoms with Crippen LogP contribution in [0.3, 0.4) is 0 Å². The fourth-order valence-electron chi connectivity index (χ4n) is 2.02. The summed E-state index contributed by atoms with van der Waals surface area (Å²) in [6, 6.07) is 2.53. The zero-order valence-electron chi connectivity index (χ0n) is 11.2. The molecular formula is C13H20N4O. The Hall–Kier alpha value is -1.62. The van der Waals surface area contributed by atoms with E-state index in [1.807, 2.05) is 20.2 Å². The highest BCUT2D eigenvalue weighted by atomic mass is 16.4. The number of nitrogens with one attached hydrogen (secondary N) is 1. The predicted molar refractivity (Wildman–Crippen MR) is 69.3 cm³/mol. The summed E-state index contributed by atoms with van der Waals surface area (Å²) in [5.74, 6) is 1.35. The monoisotopic (exact) mass is 248 g/mol. The summed E-state index contributed by atoms with van der Waals surface area (Å²) < 4.78 is 7.57. The van der Waals surface area contributed by atoms with Crippen LogP contribution in [-0.2, 0) is 13.0 Å². The van der Waals surface area contributed by atoms with Gasteiger partial charge < -0.3 is 14.3 Å². The summed E-state index contributed by atoms with van der Waals surface area (Å²) in [5.41, 5.74) is 1.29. The summed E-state index contributed by atoms with van der Waals surface area (Å²) in [4.78, 5) is 0. The van der Waals surface area contributed by atoms with Crippen LogP contribution >= 0.6 is 0 Å². The lowest BCUT2D eigenvalue weighted by atomic mass is 10.1. The van der Waals surface area contributed by atoms with Gasteiger partial charge in [0.2, 0.25) is 11.8 Å². The highest BCUT2D eigenvalue weighted by Gasteiger charge is 2.09. The van der Waals surface area contributed by atoms with Crippen molar-refractivity contribution in [3.63, 3.8) is 0 Å². The third-order valence-corrected chi connectivity index (χ3v) is 3.06. The number of hydrogen-bond acceptors (Lipinski definition) is 4. The molecular weight excluding hydrogens is 228 g/mol. The van der Waals surface area contributed by atoms with Gasteiger partial charge in [0.1, 0.15) is 6.54 Å². The molecule has 0 radical (unpaired) electrons. The molecule has 0 saturated heterocycles. The minimum atomic E-state index is 0.403. The number of aryl methyl sites for hydroxylation is 1. The molecule has 5 nitrogen and oxygen atoms in total. The average molecular weight is 248 g/mol. The third kappa shape index (κ3) is 2.79. The van der Waals surface area contributed by atoms with Crippen molar-refractivity contribution in [2.75, 3.05) is 7.05 Å². The summed E-state index contributed by atoms with van der Waals surface area (Å²) in [6.45, 7) is 4.81. The smallest absolute Gasteiger partial charge is 0.236 e. The SMILES string of the molecule is CCc1nnc(Cn2ccc(C(CC)NC)c2)o1. The summed E-state index contributed by atoms with van der Waals surface area (Å²) in [6.07, 6.45) is 6.02. The van der Waals surface area contributed by atoms with Crippen LogP contribution in [-0.4, -0.2) is 21.8 Å². The lowest BCUT2D eigenvalue weighted by Gasteiger charge is -2.11. The Morgan fingerprint density at radius 2 is 2.11 bits per heavy atom. The van der Waals surface area contributed by atoms with Crippen molar-refractivity contribution in [3.05, 3.63) is 35.8 Å². The lowest BCUT2D eigenvalue weighted by molar-refractivity contribution is 0.442. The molecule has 98 valence electrons. The number of nitrogens with zero attached hydrogens (tertiary/aromatic N) is 3. The van der Waals surface area contributed by atoms with Crippen molar-refractivity contribution < 1.29 is 4.42 Å². The van der Waals surface area contributed by atoms with Crippen molar-refractivity contribution in [3.8, 4) is 0 Å². The molecule has 0 aliphatic rings. The molecule has 2 heterocycles. The molecule has 0 fully saturated rings. The zero-order chi connectivity index (χ0) is 13.0. The van der Waals surface area contributed by atoms with E-state index < -0.39 is 0 Å². The van der Waals surface area contributed by atoms with Crippen LogP contribution in [0.2, 0.25) is 0 Å². The van der Waals surface area contributed by atoms with Gasteiger partial charge in [-0.1, -0.05) is 13.8 Å². The van der Waals surface area contributed by atoms with Gasteiger partial charge in [-0.3, -0.25) is 0 Å². The molecule has 0 spiro atoms. The standard InChI is InChI=1S/C13H20N4O/c1-4-11(14-3)10-6-7-17(8-10)9-13-16-15-12(5-2)18-13/h6-8,11,14H,4-5,9H2,1-3H3. The first-order valence-corrected chi connectivity index (χ1v) is 6.41. The highest BCUT2D eigenvalue weighted by molar-refractivity contribution is 5.15. The maximum atomic E-state index is 5.50. The molecule has 2 aromatic heterocycles. The molecule has 0 aromatic carbocycles. The molecule has 0 bridgehead atoms. The van der Waals surface area contributed by atoms with Gasteiger partial charge in [0.15, 0.2) is 0 Å². The van der Waals surface area contributed by atoms with E-state index in [0.717, 1.165) is 12.8 Å². The summed E-state index contributed by atoms with van der Waals surface area (Å²) in [5, 5.41) is 11.3. The van der Waals surface area contributed by atoms with Gasteiger partial charge in [-0.25, -0.2) is 0 Å². The van der Waals surface area contributed by atoms with Crippen LogP contribution in [0.1, 0.15) is 43.7 Å². The molecule has 0 amide bonds. The van der Waals surface area contributed by atoms with Gasteiger partial charge in [-0.2, -0.15) is 0 Å². The Morgan fingerprint density at radius 3 is 2.72 bits per heavy atom. The van der Waals surface area contributed by atoms with E-state index in [-0.39, 0.29) is 0 Å². The second-order valence-corrected chi connectivity index (χ2v) is 4.31. The zero-order valence-corrected chi connectivity index (χ0v) is 11.2. The van der Waals surface area contributed by atoms with Gasteiger partial charge in [0.25, 0.3) is 0 Å². The average Bonchev–Trinajstić information content (AvgIpc) is 3.01. The molecule has 1 unspecified atom stereocenters. The Bertz CT molecular complexity index is 485. The topological polar surface area (TPSA) is 55.9 Å².